The SMILES string of the molecule is C[C@]1(CCC(=O)N2CCC([C@H]3c4ncc(Br)cc4CCc4cc(Cl)cc(Br)c43)CC2)CCCCC1=O.Clc1cc(Br)c2c(c1)CCc1cc(Br)cnc1[C@@H]2C1CCNCC1. The van der Waals surface area contributed by atoms with E-state index in [-0.39, 0.29) is 17.2 Å². The first-order valence-electron chi connectivity index (χ1n) is 21.6. The van der Waals surface area contributed by atoms with E-state index in [9.17, 15) is 9.59 Å². The summed E-state index contributed by atoms with van der Waals surface area (Å²) in [6, 6.07) is 12.8. The van der Waals surface area contributed by atoms with Crippen LogP contribution in [0.1, 0.15) is 128 Å². The predicted molar refractivity (Wildman–Crippen MR) is 256 cm³/mol. The van der Waals surface area contributed by atoms with Crippen LogP contribution >= 0.6 is 86.9 Å². The largest absolute Gasteiger partial charge is 0.343 e. The molecule has 4 heterocycles. The quantitative estimate of drug-likeness (QED) is 0.216. The smallest absolute Gasteiger partial charge is 0.222 e. The zero-order chi connectivity index (χ0) is 42.1. The molecule has 3 aliphatic carbocycles. The lowest BCUT2D eigenvalue weighted by molar-refractivity contribution is -0.135. The number of amides is 1. The number of halogens is 6. The van der Waals surface area contributed by atoms with Crippen LogP contribution in [0.25, 0.3) is 0 Å². The average Bonchev–Trinajstić information content (AvgIpc) is 3.49. The lowest BCUT2D eigenvalue weighted by Gasteiger charge is -2.38. The highest BCUT2D eigenvalue weighted by atomic mass is 79.9. The van der Waals surface area contributed by atoms with Crippen molar-refractivity contribution in [3.8, 4) is 0 Å². The molecule has 2 aromatic carbocycles. The highest BCUT2D eigenvalue weighted by molar-refractivity contribution is 9.11. The summed E-state index contributed by atoms with van der Waals surface area (Å²) < 4.78 is 4.25. The molecule has 0 spiro atoms. The molecule has 0 unspecified atom stereocenters. The summed E-state index contributed by atoms with van der Waals surface area (Å²) in [7, 11) is 0. The van der Waals surface area contributed by atoms with E-state index in [2.05, 4.69) is 100 Å². The molecule has 3 atom stereocenters. The zero-order valence-corrected chi connectivity index (χ0v) is 41.9. The summed E-state index contributed by atoms with van der Waals surface area (Å²) in [6.07, 6.45) is 16.9. The molecule has 2 aliphatic heterocycles. The van der Waals surface area contributed by atoms with Crippen molar-refractivity contribution < 1.29 is 9.59 Å². The number of piperidine rings is 2. The van der Waals surface area contributed by atoms with Crippen molar-refractivity contribution in [2.24, 2.45) is 17.3 Å². The molecule has 1 N–H and O–H groups in total. The molecule has 12 heteroatoms. The number of nitrogens with one attached hydrogen (secondary N) is 1. The molecular formula is C48H52Br4Cl2N4O2. The van der Waals surface area contributed by atoms with Gasteiger partial charge < -0.3 is 10.2 Å². The van der Waals surface area contributed by atoms with Gasteiger partial charge >= 0.3 is 0 Å². The molecule has 318 valence electrons. The molecule has 0 bridgehead atoms. The maximum Gasteiger partial charge on any atom is 0.222 e. The van der Waals surface area contributed by atoms with Gasteiger partial charge in [0.25, 0.3) is 0 Å². The van der Waals surface area contributed by atoms with Gasteiger partial charge in [0.05, 0.1) is 11.4 Å². The Hall–Kier alpha value is -1.66. The number of fused-ring (bicyclic) bond motifs is 4. The maximum absolute atomic E-state index is 13.1. The number of likely N-dealkylation sites (tertiary alicyclic amines) is 1. The standard InChI is InChI=1S/C29H33Br2ClN2O2.C19H19Br2ClN2/c1-29(10-3-2-4-24(29)35)11-7-25(36)34-12-8-18(9-13-34)27-26-19(15-22(32)16-23(26)31)5-6-20-14-21(30)17-33-28(20)27;20-14-7-13-2-1-12-8-15(22)9-16(21)17(12)18(19(13)24-10-14)11-3-5-23-6-4-11/h14-18,27H,2-13H2,1H3;7-11,18,23H,1-6H2/t27-,29-;18-/m11/s1. The average molecular weight is 1110 g/mol. The summed E-state index contributed by atoms with van der Waals surface area (Å²) in [5.41, 5.74) is 10.1. The second kappa shape index (κ2) is 19.6. The van der Waals surface area contributed by atoms with Gasteiger partial charge in [-0.25, -0.2) is 0 Å². The Kier molecular flexibility index (Phi) is 14.7. The molecule has 5 aliphatic rings. The fourth-order valence-electron chi connectivity index (χ4n) is 10.8. The minimum Gasteiger partial charge on any atom is -0.343 e. The van der Waals surface area contributed by atoms with E-state index < -0.39 is 0 Å². The van der Waals surface area contributed by atoms with Gasteiger partial charge in [0, 0.05) is 83.5 Å². The second-order valence-electron chi connectivity index (χ2n) is 17.8. The number of carbonyl (C=O) groups excluding carboxylic acids is 2. The summed E-state index contributed by atoms with van der Waals surface area (Å²) in [5, 5.41) is 5.05. The van der Waals surface area contributed by atoms with E-state index in [1.807, 2.05) is 29.4 Å². The summed E-state index contributed by atoms with van der Waals surface area (Å²) >= 11 is 27.6. The van der Waals surface area contributed by atoms with Crippen LogP contribution in [0.5, 0.6) is 0 Å². The van der Waals surface area contributed by atoms with Gasteiger partial charge in [0.15, 0.2) is 0 Å². The van der Waals surface area contributed by atoms with E-state index in [0.29, 0.717) is 42.8 Å². The number of hydrogen-bond acceptors (Lipinski definition) is 5. The van der Waals surface area contributed by atoms with Gasteiger partial charge in [-0.3, -0.25) is 19.6 Å². The molecule has 1 saturated carbocycles. The van der Waals surface area contributed by atoms with Crippen molar-refractivity contribution in [2.75, 3.05) is 26.2 Å². The number of nitrogens with zero attached hydrogens (tertiary/aromatic N) is 3. The van der Waals surface area contributed by atoms with Crippen LogP contribution in [0, 0.1) is 17.3 Å². The van der Waals surface area contributed by atoms with Crippen LogP contribution in [0.15, 0.2) is 66.7 Å². The monoisotopic (exact) mass is 1100 g/mol. The van der Waals surface area contributed by atoms with E-state index in [1.165, 1.54) is 51.9 Å². The first kappa shape index (κ1) is 44.9. The van der Waals surface area contributed by atoms with Crippen molar-refractivity contribution >= 4 is 98.6 Å². The molecule has 2 aromatic heterocycles. The van der Waals surface area contributed by atoms with Crippen LogP contribution in [0.4, 0.5) is 0 Å². The Morgan fingerprint density at radius 1 is 0.717 bits per heavy atom. The lowest BCUT2D eigenvalue weighted by Crippen LogP contribution is -2.41. The number of rotatable bonds is 5. The minimum absolute atomic E-state index is 0.174. The van der Waals surface area contributed by atoms with Gasteiger partial charge in [0.2, 0.25) is 5.91 Å². The number of benzene rings is 2. The van der Waals surface area contributed by atoms with Gasteiger partial charge in [-0.1, -0.05) is 68.4 Å². The maximum atomic E-state index is 13.1. The molecule has 0 radical (unpaired) electrons. The fraction of sp³-hybridized carbons (Fsp3) is 0.500. The zero-order valence-electron chi connectivity index (χ0n) is 34.1. The first-order valence-corrected chi connectivity index (χ1v) is 25.6. The molecular weight excluding hydrogens is 1060 g/mol. The Labute approximate surface area is 398 Å². The van der Waals surface area contributed by atoms with Crippen LogP contribution in [0.3, 0.4) is 0 Å². The number of ketones is 1. The van der Waals surface area contributed by atoms with Crippen molar-refractivity contribution in [3.05, 3.63) is 121 Å². The van der Waals surface area contributed by atoms with E-state index in [4.69, 9.17) is 33.2 Å². The molecule has 9 rings (SSSR count). The normalized spacial score (nSPS) is 23.2. The lowest BCUT2D eigenvalue weighted by atomic mass is 9.71. The highest BCUT2D eigenvalue weighted by Crippen LogP contribution is 2.48. The van der Waals surface area contributed by atoms with E-state index in [0.717, 1.165) is 118 Å². The Balaban J connectivity index is 0.000000180. The third-order valence-corrected chi connectivity index (χ3v) is 16.6. The fourth-order valence-corrected chi connectivity index (χ4v) is 13.8. The van der Waals surface area contributed by atoms with Gasteiger partial charge in [-0.05, 0) is 197 Å². The number of hydrogen-bond donors (Lipinski definition) is 1. The summed E-state index contributed by atoms with van der Waals surface area (Å²) in [4.78, 5) is 37.4. The topological polar surface area (TPSA) is 75.2 Å². The summed E-state index contributed by atoms with van der Waals surface area (Å²) in [6.45, 7) is 5.76. The number of aromatic nitrogens is 2. The molecule has 4 aromatic rings. The van der Waals surface area contributed by atoms with Crippen molar-refractivity contribution in [1.82, 2.24) is 20.2 Å². The molecule has 6 nitrogen and oxygen atoms in total. The Morgan fingerprint density at radius 2 is 1.22 bits per heavy atom. The van der Waals surface area contributed by atoms with Crippen molar-refractivity contribution in [1.29, 1.82) is 0 Å². The van der Waals surface area contributed by atoms with Crippen LogP contribution in [-0.4, -0.2) is 52.7 Å². The molecule has 1 amide bonds. The van der Waals surface area contributed by atoms with Gasteiger partial charge in [0.1, 0.15) is 5.78 Å². The number of Topliss-reactive ketones (excluding diaryl/α,β-unsaturated/α-hetero) is 1. The third kappa shape index (κ3) is 9.85. The van der Waals surface area contributed by atoms with Crippen molar-refractivity contribution in [3.63, 3.8) is 0 Å². The van der Waals surface area contributed by atoms with Crippen molar-refractivity contribution in [2.45, 2.75) is 109 Å². The molecule has 3 fully saturated rings. The summed E-state index contributed by atoms with van der Waals surface area (Å²) in [5.74, 6) is 2.08. The Morgan fingerprint density at radius 3 is 1.73 bits per heavy atom. The predicted octanol–water partition coefficient (Wildman–Crippen LogP) is 13.1. The minimum atomic E-state index is -0.312. The van der Waals surface area contributed by atoms with E-state index in [1.54, 1.807) is 0 Å². The van der Waals surface area contributed by atoms with E-state index >= 15 is 0 Å². The number of aryl methyl sites for hydroxylation is 4. The van der Waals surface area contributed by atoms with Crippen LogP contribution in [-0.2, 0) is 35.3 Å². The second-order valence-corrected chi connectivity index (χ2v) is 22.2. The van der Waals surface area contributed by atoms with Crippen LogP contribution < -0.4 is 5.32 Å². The number of pyridine rings is 2. The highest BCUT2D eigenvalue weighted by Gasteiger charge is 2.39. The third-order valence-electron chi connectivity index (χ3n) is 14.0. The first-order chi connectivity index (χ1) is 28.9. The van der Waals surface area contributed by atoms with Gasteiger partial charge in [-0.15, -0.1) is 0 Å². The molecule has 2 saturated heterocycles. The van der Waals surface area contributed by atoms with Crippen LogP contribution in [0.2, 0.25) is 10.0 Å². The Bertz CT molecular complexity index is 2260. The number of carbonyl (C=O) groups is 2. The van der Waals surface area contributed by atoms with Gasteiger partial charge in [-0.2, -0.15) is 0 Å². The molecule has 60 heavy (non-hydrogen) atoms.